The monoisotopic (exact) mass is 419 g/mol. The third kappa shape index (κ3) is 4.87. The Kier molecular flexibility index (Phi) is 6.14. The van der Waals surface area contributed by atoms with Crippen molar-refractivity contribution in [2.45, 2.75) is 46.7 Å². The molecule has 2 atom stereocenters. The highest BCUT2D eigenvalue weighted by Gasteiger charge is 2.32. The summed E-state index contributed by atoms with van der Waals surface area (Å²) in [7, 11) is -0.973. The van der Waals surface area contributed by atoms with E-state index >= 15 is 0 Å². The van der Waals surface area contributed by atoms with Crippen LogP contribution < -0.4 is 10.2 Å². The van der Waals surface area contributed by atoms with Crippen molar-refractivity contribution in [2.24, 2.45) is 0 Å². The van der Waals surface area contributed by atoms with E-state index in [1.165, 1.54) is 0 Å². The molecule has 2 aromatic rings. The van der Waals surface area contributed by atoms with Crippen LogP contribution in [0.3, 0.4) is 0 Å². The molecule has 7 nitrogen and oxygen atoms in total. The molecule has 0 radical (unpaired) electrons. The number of aromatic nitrogens is 2. The van der Waals surface area contributed by atoms with Gasteiger partial charge in [0.25, 0.3) is 5.91 Å². The number of aryl methyl sites for hydroxylation is 2. The van der Waals surface area contributed by atoms with Crippen LogP contribution in [0.1, 0.15) is 40.5 Å². The van der Waals surface area contributed by atoms with Crippen molar-refractivity contribution in [3.05, 3.63) is 46.3 Å². The highest BCUT2D eigenvalue weighted by Crippen LogP contribution is 2.26. The summed E-state index contributed by atoms with van der Waals surface area (Å²) in [5, 5.41) is 7.63. The van der Waals surface area contributed by atoms with E-state index in [1.54, 1.807) is 0 Å². The Labute approximate surface area is 173 Å². The summed E-state index contributed by atoms with van der Waals surface area (Å²) >= 11 is 0. The normalized spacial score (nSPS) is 19.3. The zero-order valence-corrected chi connectivity index (χ0v) is 18.7. The molecule has 0 aliphatic carbocycles. The highest BCUT2D eigenvalue weighted by molar-refractivity contribution is 7.91. The molecule has 8 heteroatoms. The van der Waals surface area contributed by atoms with Crippen LogP contribution >= 0.6 is 0 Å². The van der Waals surface area contributed by atoms with Gasteiger partial charge in [0, 0.05) is 11.4 Å². The van der Waals surface area contributed by atoms with Crippen molar-refractivity contribution in [3.8, 4) is 0 Å². The van der Waals surface area contributed by atoms with Crippen molar-refractivity contribution in [1.82, 2.24) is 9.78 Å². The standard InChI is InChI=1S/C21H30N4O3S/c1-14-7-6-8-20(15(14)2)22-21(26)12-24(5)11-19-16(3)23-25(17(19)4)18-9-10-29(27,28)13-18/h6-8,18H,9-13H2,1-5H3,(H,22,26)/p+1/t18-/m1/s1. The van der Waals surface area contributed by atoms with E-state index in [0.717, 1.165) is 38.7 Å². The van der Waals surface area contributed by atoms with Gasteiger partial charge >= 0.3 is 0 Å². The summed E-state index contributed by atoms with van der Waals surface area (Å²) in [4.78, 5) is 13.6. The number of sulfone groups is 1. The third-order valence-electron chi connectivity index (χ3n) is 5.85. The summed E-state index contributed by atoms with van der Waals surface area (Å²) in [6.07, 6.45) is 0.616. The molecule has 158 valence electrons. The molecular weight excluding hydrogens is 388 g/mol. The molecule has 2 N–H and O–H groups in total. The molecule has 1 aromatic heterocycles. The fraction of sp³-hybridized carbons (Fsp3) is 0.524. The van der Waals surface area contributed by atoms with Gasteiger partial charge in [-0.25, -0.2) is 8.42 Å². The first-order valence-electron chi connectivity index (χ1n) is 9.99. The number of quaternary nitrogens is 1. The lowest BCUT2D eigenvalue weighted by Gasteiger charge is -2.16. The van der Waals surface area contributed by atoms with Crippen LogP contribution in [0.25, 0.3) is 0 Å². The van der Waals surface area contributed by atoms with Crippen LogP contribution in [0.2, 0.25) is 0 Å². The average Bonchev–Trinajstić information content (AvgIpc) is 3.12. The Morgan fingerprint density at radius 1 is 1.28 bits per heavy atom. The van der Waals surface area contributed by atoms with E-state index in [2.05, 4.69) is 10.4 Å². The van der Waals surface area contributed by atoms with Crippen LogP contribution in [0, 0.1) is 27.7 Å². The number of nitrogens with one attached hydrogen (secondary N) is 2. The van der Waals surface area contributed by atoms with Gasteiger partial charge < -0.3 is 10.2 Å². The fourth-order valence-electron chi connectivity index (χ4n) is 4.00. The highest BCUT2D eigenvalue weighted by atomic mass is 32.2. The Morgan fingerprint density at radius 2 is 2.00 bits per heavy atom. The number of nitrogens with zero attached hydrogens (tertiary/aromatic N) is 2. The van der Waals surface area contributed by atoms with Crippen molar-refractivity contribution < 1.29 is 18.1 Å². The van der Waals surface area contributed by atoms with Crippen LogP contribution in [-0.2, 0) is 21.2 Å². The Bertz CT molecular complexity index is 1030. The molecule has 1 aliphatic rings. The van der Waals surface area contributed by atoms with Crippen LogP contribution in [-0.4, -0.2) is 49.2 Å². The van der Waals surface area contributed by atoms with Crippen molar-refractivity contribution in [3.63, 3.8) is 0 Å². The molecule has 0 spiro atoms. The largest absolute Gasteiger partial charge is 0.326 e. The second kappa shape index (κ2) is 8.28. The van der Waals surface area contributed by atoms with Gasteiger partial charge in [0.15, 0.2) is 16.4 Å². The summed E-state index contributed by atoms with van der Waals surface area (Å²) in [6.45, 7) is 8.98. The van der Waals surface area contributed by atoms with Gasteiger partial charge in [-0.05, 0) is 51.3 Å². The minimum Gasteiger partial charge on any atom is -0.326 e. The first-order chi connectivity index (χ1) is 13.6. The number of amides is 1. The van der Waals surface area contributed by atoms with E-state index in [0.29, 0.717) is 19.5 Å². The molecule has 2 heterocycles. The maximum atomic E-state index is 12.5. The SMILES string of the molecule is Cc1cccc(NC(=O)C[NH+](C)Cc2c(C)nn([C@@H]3CCS(=O)(=O)C3)c2C)c1C. The molecule has 3 rings (SSSR count). The zero-order chi connectivity index (χ0) is 21.3. The van der Waals surface area contributed by atoms with Gasteiger partial charge in [-0.3, -0.25) is 9.48 Å². The van der Waals surface area contributed by atoms with E-state index < -0.39 is 9.84 Å². The summed E-state index contributed by atoms with van der Waals surface area (Å²) < 4.78 is 25.5. The van der Waals surface area contributed by atoms with Gasteiger partial charge in [0.2, 0.25) is 0 Å². The smallest absolute Gasteiger partial charge is 0.279 e. The van der Waals surface area contributed by atoms with Gasteiger partial charge in [-0.2, -0.15) is 5.10 Å². The molecule has 1 unspecified atom stereocenters. The first-order valence-corrected chi connectivity index (χ1v) is 11.8. The second-order valence-corrected chi connectivity index (χ2v) is 10.5. The summed E-state index contributed by atoms with van der Waals surface area (Å²) in [5.74, 6) is 0.366. The number of carbonyl (C=O) groups excluding carboxylic acids is 1. The van der Waals surface area contributed by atoms with Gasteiger partial charge in [-0.15, -0.1) is 0 Å². The first kappa shape index (κ1) is 21.5. The average molecular weight is 420 g/mol. The van der Waals surface area contributed by atoms with E-state index in [4.69, 9.17) is 0 Å². The van der Waals surface area contributed by atoms with Gasteiger partial charge in [0.1, 0.15) is 6.54 Å². The minimum atomic E-state index is -2.96. The minimum absolute atomic E-state index is 0.0271. The molecular formula is C21H31N4O3S+. The molecule has 1 aromatic carbocycles. The quantitative estimate of drug-likeness (QED) is 0.735. The molecule has 1 fully saturated rings. The topological polar surface area (TPSA) is 85.5 Å². The number of hydrogen-bond acceptors (Lipinski definition) is 4. The molecule has 0 bridgehead atoms. The molecule has 1 saturated heterocycles. The number of benzene rings is 1. The van der Waals surface area contributed by atoms with Crippen LogP contribution in [0.5, 0.6) is 0 Å². The number of rotatable bonds is 6. The maximum absolute atomic E-state index is 12.5. The van der Waals surface area contributed by atoms with E-state index in [-0.39, 0.29) is 23.5 Å². The van der Waals surface area contributed by atoms with Crippen molar-refractivity contribution in [1.29, 1.82) is 0 Å². The Hall–Kier alpha value is -2.19. The van der Waals surface area contributed by atoms with Gasteiger partial charge in [0.05, 0.1) is 35.9 Å². The van der Waals surface area contributed by atoms with Crippen LogP contribution in [0.15, 0.2) is 18.2 Å². The molecule has 0 saturated carbocycles. The molecule has 29 heavy (non-hydrogen) atoms. The molecule has 1 aliphatic heterocycles. The lowest BCUT2D eigenvalue weighted by atomic mass is 10.1. The van der Waals surface area contributed by atoms with Crippen molar-refractivity contribution >= 4 is 21.4 Å². The lowest BCUT2D eigenvalue weighted by molar-refractivity contribution is -0.885. The Morgan fingerprint density at radius 3 is 2.66 bits per heavy atom. The predicted octanol–water partition coefficient (Wildman–Crippen LogP) is 1.13. The van der Waals surface area contributed by atoms with Crippen LogP contribution in [0.4, 0.5) is 5.69 Å². The van der Waals surface area contributed by atoms with Gasteiger partial charge in [-0.1, -0.05) is 12.1 Å². The predicted molar refractivity (Wildman–Crippen MR) is 114 cm³/mol. The Balaban J connectivity index is 1.65. The number of hydrogen-bond donors (Lipinski definition) is 2. The second-order valence-electron chi connectivity index (χ2n) is 8.26. The fourth-order valence-corrected chi connectivity index (χ4v) is 5.69. The maximum Gasteiger partial charge on any atom is 0.279 e. The summed E-state index contributed by atoms with van der Waals surface area (Å²) in [6, 6.07) is 5.81. The number of likely N-dealkylation sites (N-methyl/N-ethyl adjacent to an activating group) is 1. The van der Waals surface area contributed by atoms with E-state index in [9.17, 15) is 13.2 Å². The number of anilines is 1. The third-order valence-corrected chi connectivity index (χ3v) is 7.60. The van der Waals surface area contributed by atoms with E-state index in [1.807, 2.05) is 57.6 Å². The zero-order valence-electron chi connectivity index (χ0n) is 17.9. The number of carbonyl (C=O) groups is 1. The lowest BCUT2D eigenvalue weighted by Crippen LogP contribution is -3.08. The van der Waals surface area contributed by atoms with Crippen molar-refractivity contribution in [2.75, 3.05) is 30.4 Å². The summed E-state index contributed by atoms with van der Waals surface area (Å²) in [5.41, 5.74) is 6.07. The molecule has 1 amide bonds.